The molecule has 0 radical (unpaired) electrons. The van der Waals surface area contributed by atoms with Crippen molar-refractivity contribution >= 4 is 22.4 Å². The summed E-state index contributed by atoms with van der Waals surface area (Å²) in [6.07, 6.45) is 0. The molecule has 2 aromatic carbocycles. The van der Waals surface area contributed by atoms with E-state index in [1.54, 1.807) is 0 Å². The van der Waals surface area contributed by atoms with Crippen molar-refractivity contribution in [2.45, 2.75) is 26.8 Å². The van der Waals surface area contributed by atoms with Crippen molar-refractivity contribution in [2.75, 3.05) is 11.9 Å². The van der Waals surface area contributed by atoms with Crippen LogP contribution in [0.1, 0.15) is 19.4 Å². The summed E-state index contributed by atoms with van der Waals surface area (Å²) in [6, 6.07) is 12.6. The first-order valence-corrected chi connectivity index (χ1v) is 6.58. The lowest BCUT2D eigenvalue weighted by atomic mass is 10.1. The van der Waals surface area contributed by atoms with Gasteiger partial charge in [-0.15, -0.1) is 0 Å². The van der Waals surface area contributed by atoms with E-state index in [1.807, 2.05) is 32.0 Å². The first-order valence-electron chi connectivity index (χ1n) is 6.58. The highest BCUT2D eigenvalue weighted by Crippen LogP contribution is 2.20. The van der Waals surface area contributed by atoms with Crippen LogP contribution in [0.3, 0.4) is 0 Å². The van der Waals surface area contributed by atoms with E-state index in [-0.39, 0.29) is 5.91 Å². The summed E-state index contributed by atoms with van der Waals surface area (Å²) in [5, 5.41) is 8.33. The highest BCUT2D eigenvalue weighted by molar-refractivity contribution is 5.95. The third kappa shape index (κ3) is 3.80. The maximum Gasteiger partial charge on any atom is 0.238 e. The molecule has 0 saturated heterocycles. The van der Waals surface area contributed by atoms with Crippen LogP contribution >= 0.6 is 0 Å². The van der Waals surface area contributed by atoms with Crippen LogP contribution < -0.4 is 10.6 Å². The number of anilines is 1. The highest BCUT2D eigenvalue weighted by Gasteiger charge is 2.03. The Labute approximate surface area is 114 Å². The van der Waals surface area contributed by atoms with Crippen LogP contribution in [0, 0.1) is 6.92 Å². The summed E-state index contributed by atoms with van der Waals surface area (Å²) in [5.74, 6) is -0.0137. The highest BCUT2D eigenvalue weighted by atomic mass is 16.1. The number of hydrogen-bond donors (Lipinski definition) is 2. The molecule has 2 aromatic rings. The van der Waals surface area contributed by atoms with Gasteiger partial charge in [0.2, 0.25) is 5.91 Å². The lowest BCUT2D eigenvalue weighted by molar-refractivity contribution is -0.115. The van der Waals surface area contributed by atoms with Crippen molar-refractivity contribution < 1.29 is 4.79 Å². The lowest BCUT2D eigenvalue weighted by Gasteiger charge is -2.09. The monoisotopic (exact) mass is 256 g/mol. The standard InChI is InChI=1S/C16H20N2O/c1-11(2)17-10-16(19)18-15-7-6-13-8-12(3)4-5-14(13)9-15/h4-9,11,17H,10H2,1-3H3,(H,18,19). The SMILES string of the molecule is Cc1ccc2cc(NC(=O)CNC(C)C)ccc2c1. The van der Waals surface area contributed by atoms with Gasteiger partial charge in [0.05, 0.1) is 6.54 Å². The minimum atomic E-state index is -0.0137. The fourth-order valence-corrected chi connectivity index (χ4v) is 1.94. The molecule has 0 aliphatic carbocycles. The number of benzene rings is 2. The third-order valence-corrected chi connectivity index (χ3v) is 2.95. The molecule has 0 fully saturated rings. The Hall–Kier alpha value is -1.87. The van der Waals surface area contributed by atoms with Gasteiger partial charge >= 0.3 is 0 Å². The van der Waals surface area contributed by atoms with E-state index in [9.17, 15) is 4.79 Å². The van der Waals surface area contributed by atoms with Gasteiger partial charge in [-0.3, -0.25) is 4.79 Å². The summed E-state index contributed by atoms with van der Waals surface area (Å²) in [6.45, 7) is 6.45. The number of carbonyl (C=O) groups excluding carboxylic acids is 1. The Balaban J connectivity index is 2.09. The number of fused-ring (bicyclic) bond motifs is 1. The summed E-state index contributed by atoms with van der Waals surface area (Å²) < 4.78 is 0. The molecule has 3 nitrogen and oxygen atoms in total. The second-order valence-corrected chi connectivity index (χ2v) is 5.15. The van der Waals surface area contributed by atoms with Crippen LogP contribution in [0.15, 0.2) is 36.4 Å². The summed E-state index contributed by atoms with van der Waals surface area (Å²) >= 11 is 0. The average molecular weight is 256 g/mol. The Kier molecular flexibility index (Phi) is 4.17. The molecule has 0 heterocycles. The molecular formula is C16H20N2O. The average Bonchev–Trinajstić information content (AvgIpc) is 2.36. The van der Waals surface area contributed by atoms with E-state index < -0.39 is 0 Å². The zero-order valence-electron chi connectivity index (χ0n) is 11.7. The predicted octanol–water partition coefficient (Wildman–Crippen LogP) is 3.08. The molecule has 0 atom stereocenters. The zero-order chi connectivity index (χ0) is 13.8. The molecule has 19 heavy (non-hydrogen) atoms. The number of amides is 1. The van der Waals surface area contributed by atoms with E-state index in [0.717, 1.165) is 11.1 Å². The molecule has 2 N–H and O–H groups in total. The second-order valence-electron chi connectivity index (χ2n) is 5.15. The molecule has 0 aliphatic heterocycles. The van der Waals surface area contributed by atoms with Gasteiger partial charge in [0.25, 0.3) is 0 Å². The molecular weight excluding hydrogens is 236 g/mol. The molecule has 0 unspecified atom stereocenters. The fourth-order valence-electron chi connectivity index (χ4n) is 1.94. The van der Waals surface area contributed by atoms with Crippen molar-refractivity contribution in [1.29, 1.82) is 0 Å². The molecule has 0 aliphatic rings. The van der Waals surface area contributed by atoms with Gasteiger partial charge in [0, 0.05) is 11.7 Å². The summed E-state index contributed by atoms with van der Waals surface area (Å²) in [4.78, 5) is 11.7. The smallest absolute Gasteiger partial charge is 0.238 e. The van der Waals surface area contributed by atoms with Crippen LogP contribution in [0.4, 0.5) is 5.69 Å². The zero-order valence-corrected chi connectivity index (χ0v) is 11.7. The van der Waals surface area contributed by atoms with Gasteiger partial charge in [0.1, 0.15) is 0 Å². The normalized spacial score (nSPS) is 10.9. The molecule has 0 spiro atoms. The summed E-state index contributed by atoms with van der Waals surface area (Å²) in [5.41, 5.74) is 2.08. The van der Waals surface area contributed by atoms with Crippen molar-refractivity contribution in [3.05, 3.63) is 42.0 Å². The molecule has 1 amide bonds. The largest absolute Gasteiger partial charge is 0.325 e. The molecule has 2 rings (SSSR count). The number of rotatable bonds is 4. The van der Waals surface area contributed by atoms with Crippen molar-refractivity contribution in [2.24, 2.45) is 0 Å². The Bertz CT molecular complexity index is 590. The van der Waals surface area contributed by atoms with Gasteiger partial charge in [-0.25, -0.2) is 0 Å². The van der Waals surface area contributed by atoms with Crippen molar-refractivity contribution in [3.8, 4) is 0 Å². The third-order valence-electron chi connectivity index (χ3n) is 2.95. The van der Waals surface area contributed by atoms with Crippen LogP contribution in [0.2, 0.25) is 0 Å². The number of nitrogens with one attached hydrogen (secondary N) is 2. The molecule has 0 saturated carbocycles. The second kappa shape index (κ2) is 5.85. The summed E-state index contributed by atoms with van der Waals surface area (Å²) in [7, 11) is 0. The van der Waals surface area contributed by atoms with Crippen molar-refractivity contribution in [3.63, 3.8) is 0 Å². The minimum absolute atomic E-state index is 0.0137. The van der Waals surface area contributed by atoms with Gasteiger partial charge in [-0.2, -0.15) is 0 Å². The Morgan fingerprint density at radius 2 is 1.79 bits per heavy atom. The van der Waals surface area contributed by atoms with Gasteiger partial charge in [-0.05, 0) is 29.8 Å². The van der Waals surface area contributed by atoms with Gasteiger partial charge in [-0.1, -0.05) is 43.7 Å². The van der Waals surface area contributed by atoms with Crippen LogP contribution in [-0.4, -0.2) is 18.5 Å². The quantitative estimate of drug-likeness (QED) is 0.882. The predicted molar refractivity (Wildman–Crippen MR) is 80.5 cm³/mol. The van der Waals surface area contributed by atoms with Gasteiger partial charge in [0.15, 0.2) is 0 Å². The number of hydrogen-bond acceptors (Lipinski definition) is 2. The van der Waals surface area contributed by atoms with Crippen LogP contribution in [-0.2, 0) is 4.79 Å². The molecule has 0 aromatic heterocycles. The molecule has 3 heteroatoms. The first-order chi connectivity index (χ1) is 9.04. The lowest BCUT2D eigenvalue weighted by Crippen LogP contribution is -2.32. The number of aryl methyl sites for hydroxylation is 1. The van der Waals surface area contributed by atoms with Crippen molar-refractivity contribution in [1.82, 2.24) is 5.32 Å². The van der Waals surface area contributed by atoms with E-state index in [2.05, 4.69) is 35.8 Å². The maximum atomic E-state index is 11.7. The molecule has 100 valence electrons. The Morgan fingerprint density at radius 3 is 2.53 bits per heavy atom. The maximum absolute atomic E-state index is 11.7. The van der Waals surface area contributed by atoms with E-state index in [1.165, 1.54) is 10.9 Å². The van der Waals surface area contributed by atoms with Crippen LogP contribution in [0.5, 0.6) is 0 Å². The van der Waals surface area contributed by atoms with E-state index in [4.69, 9.17) is 0 Å². The van der Waals surface area contributed by atoms with E-state index >= 15 is 0 Å². The minimum Gasteiger partial charge on any atom is -0.325 e. The Morgan fingerprint density at radius 1 is 1.11 bits per heavy atom. The number of carbonyl (C=O) groups is 1. The van der Waals surface area contributed by atoms with Gasteiger partial charge < -0.3 is 10.6 Å². The first kappa shape index (κ1) is 13.6. The topological polar surface area (TPSA) is 41.1 Å². The molecule has 0 bridgehead atoms. The van der Waals surface area contributed by atoms with E-state index in [0.29, 0.717) is 12.6 Å². The fraction of sp³-hybridized carbons (Fsp3) is 0.312. The van der Waals surface area contributed by atoms with Crippen LogP contribution in [0.25, 0.3) is 10.8 Å².